The summed E-state index contributed by atoms with van der Waals surface area (Å²) in [7, 11) is 0. The van der Waals surface area contributed by atoms with E-state index in [0.29, 0.717) is 17.2 Å². The molecule has 0 spiro atoms. The lowest BCUT2D eigenvalue weighted by Crippen LogP contribution is -2.16. The summed E-state index contributed by atoms with van der Waals surface area (Å²) in [5, 5.41) is 8.59. The highest BCUT2D eigenvalue weighted by Gasteiger charge is 2.15. The second-order valence-electron chi connectivity index (χ2n) is 3.54. The number of hydrogen-bond donors (Lipinski definition) is 1. The van der Waals surface area contributed by atoms with Crippen LogP contribution in [0.4, 0.5) is 0 Å². The van der Waals surface area contributed by atoms with E-state index >= 15 is 0 Å². The van der Waals surface area contributed by atoms with Gasteiger partial charge in [0.05, 0.1) is 6.42 Å². The van der Waals surface area contributed by atoms with Crippen molar-refractivity contribution < 1.29 is 24.1 Å². The zero-order valence-electron chi connectivity index (χ0n) is 8.80. The Hall–Kier alpha value is -1.91. The molecule has 0 unspecified atom stereocenters. The van der Waals surface area contributed by atoms with E-state index in [-0.39, 0.29) is 19.3 Å². The molecule has 0 bridgehead atoms. The van der Waals surface area contributed by atoms with Gasteiger partial charge in [0.25, 0.3) is 0 Å². The zero-order chi connectivity index (χ0) is 11.5. The van der Waals surface area contributed by atoms with Crippen LogP contribution in [0.15, 0.2) is 18.2 Å². The van der Waals surface area contributed by atoms with E-state index in [9.17, 15) is 4.79 Å². The third-order valence-electron chi connectivity index (χ3n) is 2.14. The standard InChI is InChI=1S/C11H12O5/c1-7(4-11(12)13)16-8-2-3-9-10(5-8)15-6-14-9/h2-3,5,7H,4,6H2,1H3,(H,12,13)/t7-/m0/s1. The molecule has 16 heavy (non-hydrogen) atoms. The summed E-state index contributed by atoms with van der Waals surface area (Å²) in [6.07, 6.45) is -0.410. The molecule has 1 N–H and O–H groups in total. The first-order valence-corrected chi connectivity index (χ1v) is 4.93. The Labute approximate surface area is 92.5 Å². The lowest BCUT2D eigenvalue weighted by atomic mass is 10.2. The predicted octanol–water partition coefficient (Wildman–Crippen LogP) is 1.66. The smallest absolute Gasteiger partial charge is 0.307 e. The number of hydrogen-bond acceptors (Lipinski definition) is 4. The van der Waals surface area contributed by atoms with Crippen molar-refractivity contribution in [3.05, 3.63) is 18.2 Å². The van der Waals surface area contributed by atoms with Crippen molar-refractivity contribution in [3.8, 4) is 17.2 Å². The first-order valence-electron chi connectivity index (χ1n) is 4.93. The van der Waals surface area contributed by atoms with Gasteiger partial charge in [0.15, 0.2) is 11.5 Å². The highest BCUT2D eigenvalue weighted by Crippen LogP contribution is 2.35. The van der Waals surface area contributed by atoms with Gasteiger partial charge >= 0.3 is 5.97 Å². The maximum Gasteiger partial charge on any atom is 0.307 e. The van der Waals surface area contributed by atoms with Gasteiger partial charge in [-0.3, -0.25) is 4.79 Å². The molecule has 5 heteroatoms. The monoisotopic (exact) mass is 224 g/mol. The SMILES string of the molecule is C[C@@H](CC(=O)O)Oc1ccc2c(c1)OCO2. The number of aliphatic carboxylic acids is 1. The molecular formula is C11H12O5. The van der Waals surface area contributed by atoms with E-state index < -0.39 is 5.97 Å². The topological polar surface area (TPSA) is 65.0 Å². The van der Waals surface area contributed by atoms with E-state index in [1.807, 2.05) is 0 Å². The number of benzene rings is 1. The molecule has 0 saturated carbocycles. The first kappa shape index (κ1) is 10.6. The molecule has 1 aliphatic heterocycles. The van der Waals surface area contributed by atoms with E-state index in [2.05, 4.69) is 0 Å². The molecule has 0 aliphatic carbocycles. The summed E-state index contributed by atoms with van der Waals surface area (Å²) in [6.45, 7) is 1.92. The van der Waals surface area contributed by atoms with Crippen LogP contribution in [0.3, 0.4) is 0 Å². The van der Waals surface area contributed by atoms with Gasteiger partial charge in [0.2, 0.25) is 6.79 Å². The molecular weight excluding hydrogens is 212 g/mol. The molecule has 2 rings (SSSR count). The minimum atomic E-state index is -0.881. The summed E-state index contributed by atoms with van der Waals surface area (Å²) < 4.78 is 15.8. The summed E-state index contributed by atoms with van der Waals surface area (Å²) >= 11 is 0. The number of ether oxygens (including phenoxy) is 3. The van der Waals surface area contributed by atoms with Crippen molar-refractivity contribution in [2.24, 2.45) is 0 Å². The van der Waals surface area contributed by atoms with Gasteiger partial charge < -0.3 is 19.3 Å². The molecule has 0 radical (unpaired) electrons. The third kappa shape index (κ3) is 2.36. The van der Waals surface area contributed by atoms with Gasteiger partial charge in [-0.25, -0.2) is 0 Å². The Morgan fingerprint density at radius 2 is 2.25 bits per heavy atom. The molecule has 0 aromatic heterocycles. The Balaban J connectivity index is 2.02. The normalized spacial score (nSPS) is 14.6. The second kappa shape index (κ2) is 4.30. The molecule has 0 saturated heterocycles. The number of rotatable bonds is 4. The van der Waals surface area contributed by atoms with Crippen LogP contribution in [0.5, 0.6) is 17.2 Å². The van der Waals surface area contributed by atoms with Crippen molar-refractivity contribution in [3.63, 3.8) is 0 Å². The van der Waals surface area contributed by atoms with Gasteiger partial charge in [-0.15, -0.1) is 0 Å². The van der Waals surface area contributed by atoms with Crippen LogP contribution in [-0.2, 0) is 4.79 Å². The number of carboxylic acid groups (broad SMARTS) is 1. The fourth-order valence-electron chi connectivity index (χ4n) is 1.47. The van der Waals surface area contributed by atoms with Gasteiger partial charge in [0, 0.05) is 6.07 Å². The number of fused-ring (bicyclic) bond motifs is 1. The number of carboxylic acids is 1. The second-order valence-corrected chi connectivity index (χ2v) is 3.54. The molecule has 1 atom stereocenters. The predicted molar refractivity (Wildman–Crippen MR) is 54.9 cm³/mol. The van der Waals surface area contributed by atoms with Gasteiger partial charge in [-0.05, 0) is 19.1 Å². The van der Waals surface area contributed by atoms with Crippen LogP contribution >= 0.6 is 0 Å². The Morgan fingerprint density at radius 3 is 3.00 bits per heavy atom. The minimum absolute atomic E-state index is 0.0333. The van der Waals surface area contributed by atoms with Crippen LogP contribution in [0.1, 0.15) is 13.3 Å². The fourth-order valence-corrected chi connectivity index (χ4v) is 1.47. The molecule has 5 nitrogen and oxygen atoms in total. The zero-order valence-corrected chi connectivity index (χ0v) is 8.80. The van der Waals surface area contributed by atoms with Gasteiger partial charge in [-0.1, -0.05) is 0 Å². The Bertz CT molecular complexity index is 401. The lowest BCUT2D eigenvalue weighted by molar-refractivity contribution is -0.138. The third-order valence-corrected chi connectivity index (χ3v) is 2.14. The van der Waals surface area contributed by atoms with Crippen LogP contribution < -0.4 is 14.2 Å². The van der Waals surface area contributed by atoms with Crippen molar-refractivity contribution in [1.29, 1.82) is 0 Å². The minimum Gasteiger partial charge on any atom is -0.490 e. The van der Waals surface area contributed by atoms with E-state index in [0.717, 1.165) is 0 Å². The fraction of sp³-hybridized carbons (Fsp3) is 0.364. The van der Waals surface area contributed by atoms with Crippen LogP contribution in [-0.4, -0.2) is 24.0 Å². The van der Waals surface area contributed by atoms with Gasteiger partial charge in [0.1, 0.15) is 11.9 Å². The van der Waals surface area contributed by atoms with Crippen molar-refractivity contribution in [2.75, 3.05) is 6.79 Å². The molecule has 1 aromatic carbocycles. The summed E-state index contributed by atoms with van der Waals surface area (Å²) in [4.78, 5) is 10.5. The maximum atomic E-state index is 10.5. The number of carbonyl (C=O) groups is 1. The van der Waals surface area contributed by atoms with Crippen molar-refractivity contribution >= 4 is 5.97 Å². The maximum absolute atomic E-state index is 10.5. The molecule has 86 valence electrons. The average Bonchev–Trinajstić information content (AvgIpc) is 2.63. The molecule has 0 amide bonds. The van der Waals surface area contributed by atoms with E-state index in [1.54, 1.807) is 25.1 Å². The summed E-state index contributed by atoms with van der Waals surface area (Å²) in [6, 6.07) is 5.16. The first-order chi connectivity index (χ1) is 7.65. The Morgan fingerprint density at radius 1 is 1.50 bits per heavy atom. The average molecular weight is 224 g/mol. The summed E-state index contributed by atoms with van der Waals surface area (Å²) in [5.74, 6) is 1.00. The van der Waals surface area contributed by atoms with Crippen LogP contribution in [0.2, 0.25) is 0 Å². The van der Waals surface area contributed by atoms with Crippen molar-refractivity contribution in [2.45, 2.75) is 19.4 Å². The van der Waals surface area contributed by atoms with Gasteiger partial charge in [-0.2, -0.15) is 0 Å². The molecule has 1 aromatic rings. The van der Waals surface area contributed by atoms with E-state index in [1.165, 1.54) is 0 Å². The Kier molecular flexibility index (Phi) is 2.85. The van der Waals surface area contributed by atoms with Crippen LogP contribution in [0, 0.1) is 0 Å². The lowest BCUT2D eigenvalue weighted by Gasteiger charge is -2.12. The molecule has 1 aliphatic rings. The summed E-state index contributed by atoms with van der Waals surface area (Å²) in [5.41, 5.74) is 0. The molecule has 0 fully saturated rings. The largest absolute Gasteiger partial charge is 0.490 e. The van der Waals surface area contributed by atoms with Crippen molar-refractivity contribution in [1.82, 2.24) is 0 Å². The van der Waals surface area contributed by atoms with E-state index in [4.69, 9.17) is 19.3 Å². The van der Waals surface area contributed by atoms with Crippen LogP contribution in [0.25, 0.3) is 0 Å². The highest BCUT2D eigenvalue weighted by molar-refractivity contribution is 5.67. The molecule has 1 heterocycles. The highest BCUT2D eigenvalue weighted by atomic mass is 16.7. The quantitative estimate of drug-likeness (QED) is 0.842.